The Bertz CT molecular complexity index is 105. The van der Waals surface area contributed by atoms with E-state index in [9.17, 15) is 4.79 Å². The SMILES string of the molecule is [CH2]C1(NC=O)CCCC1. The van der Waals surface area contributed by atoms with E-state index in [0.717, 1.165) is 19.3 Å². The molecule has 1 radical (unpaired) electrons. The van der Waals surface area contributed by atoms with Crippen molar-refractivity contribution in [3.05, 3.63) is 6.92 Å². The summed E-state index contributed by atoms with van der Waals surface area (Å²) >= 11 is 0. The van der Waals surface area contributed by atoms with E-state index in [0.29, 0.717) is 0 Å². The summed E-state index contributed by atoms with van der Waals surface area (Å²) in [7, 11) is 0. The van der Waals surface area contributed by atoms with Gasteiger partial charge in [-0.1, -0.05) is 12.8 Å². The van der Waals surface area contributed by atoms with Crippen molar-refractivity contribution in [2.24, 2.45) is 0 Å². The Hall–Kier alpha value is -0.530. The Morgan fingerprint density at radius 1 is 1.44 bits per heavy atom. The second kappa shape index (κ2) is 2.38. The summed E-state index contributed by atoms with van der Waals surface area (Å²) in [5.41, 5.74) is -0.123. The second-order valence-electron chi connectivity index (χ2n) is 2.75. The van der Waals surface area contributed by atoms with E-state index in [-0.39, 0.29) is 5.54 Å². The molecule has 0 aromatic heterocycles. The first-order valence-corrected chi connectivity index (χ1v) is 3.34. The number of hydrogen-bond acceptors (Lipinski definition) is 1. The topological polar surface area (TPSA) is 29.1 Å². The third kappa shape index (κ3) is 1.44. The van der Waals surface area contributed by atoms with E-state index in [1.54, 1.807) is 0 Å². The fourth-order valence-electron chi connectivity index (χ4n) is 1.32. The maximum Gasteiger partial charge on any atom is 0.207 e. The Morgan fingerprint density at radius 3 is 2.44 bits per heavy atom. The molecule has 1 saturated carbocycles. The molecule has 1 aliphatic rings. The van der Waals surface area contributed by atoms with Gasteiger partial charge in [0.2, 0.25) is 6.41 Å². The molecule has 0 spiro atoms. The maximum atomic E-state index is 10.0. The summed E-state index contributed by atoms with van der Waals surface area (Å²) in [6, 6.07) is 0. The van der Waals surface area contributed by atoms with Gasteiger partial charge in [0.15, 0.2) is 0 Å². The molecule has 0 atom stereocenters. The van der Waals surface area contributed by atoms with Gasteiger partial charge in [-0.3, -0.25) is 4.79 Å². The van der Waals surface area contributed by atoms with Crippen LogP contribution in [0.1, 0.15) is 25.7 Å². The molecule has 0 bridgehead atoms. The van der Waals surface area contributed by atoms with Crippen molar-refractivity contribution >= 4 is 6.41 Å². The molecule has 0 aromatic rings. The Labute approximate surface area is 55.6 Å². The lowest BCUT2D eigenvalue weighted by molar-refractivity contribution is -0.110. The van der Waals surface area contributed by atoms with Crippen LogP contribution in [-0.4, -0.2) is 11.9 Å². The molecule has 1 rings (SSSR count). The van der Waals surface area contributed by atoms with Gasteiger partial charge in [0.05, 0.1) is 0 Å². The fourth-order valence-corrected chi connectivity index (χ4v) is 1.32. The van der Waals surface area contributed by atoms with Gasteiger partial charge in [-0.05, 0) is 19.8 Å². The van der Waals surface area contributed by atoms with Gasteiger partial charge >= 0.3 is 0 Å². The highest BCUT2D eigenvalue weighted by Crippen LogP contribution is 2.27. The number of hydrogen-bond donors (Lipinski definition) is 1. The molecule has 0 aromatic carbocycles. The molecule has 1 aliphatic carbocycles. The largest absolute Gasteiger partial charge is 0.353 e. The predicted octanol–water partition coefficient (Wildman–Crippen LogP) is 0.879. The van der Waals surface area contributed by atoms with E-state index in [1.165, 1.54) is 12.8 Å². The number of carbonyl (C=O) groups excluding carboxylic acids is 1. The average Bonchev–Trinajstić information content (AvgIpc) is 2.16. The zero-order valence-electron chi connectivity index (χ0n) is 5.52. The van der Waals surface area contributed by atoms with Gasteiger partial charge in [-0.2, -0.15) is 0 Å². The normalized spacial score (nSPS) is 23.7. The molecule has 2 heteroatoms. The molecule has 1 N–H and O–H groups in total. The number of amides is 1. The van der Waals surface area contributed by atoms with E-state index < -0.39 is 0 Å². The molecule has 9 heavy (non-hydrogen) atoms. The third-order valence-corrected chi connectivity index (χ3v) is 1.93. The van der Waals surface area contributed by atoms with Crippen LogP contribution >= 0.6 is 0 Å². The molecule has 2 nitrogen and oxygen atoms in total. The molecule has 1 fully saturated rings. The quantitative estimate of drug-likeness (QED) is 0.547. The lowest BCUT2D eigenvalue weighted by atomic mass is 10.0. The van der Waals surface area contributed by atoms with Gasteiger partial charge in [0, 0.05) is 5.54 Å². The van der Waals surface area contributed by atoms with Gasteiger partial charge in [0.25, 0.3) is 0 Å². The lowest BCUT2D eigenvalue weighted by Gasteiger charge is -2.21. The van der Waals surface area contributed by atoms with Crippen molar-refractivity contribution in [2.75, 3.05) is 0 Å². The monoisotopic (exact) mass is 126 g/mol. The Kier molecular flexibility index (Phi) is 1.74. The Balaban J connectivity index is 2.40. The van der Waals surface area contributed by atoms with Gasteiger partial charge < -0.3 is 5.32 Å². The van der Waals surface area contributed by atoms with E-state index in [4.69, 9.17) is 0 Å². The zero-order valence-corrected chi connectivity index (χ0v) is 5.52. The standard InChI is InChI=1S/C7H12NO/c1-7(8-6-9)4-2-3-5-7/h6H,1-5H2,(H,8,9). The highest BCUT2D eigenvalue weighted by atomic mass is 16.1. The minimum atomic E-state index is -0.123. The van der Waals surface area contributed by atoms with Crippen LogP contribution < -0.4 is 5.32 Å². The van der Waals surface area contributed by atoms with Crippen molar-refractivity contribution in [3.8, 4) is 0 Å². The molecule has 51 valence electrons. The van der Waals surface area contributed by atoms with Crippen LogP contribution in [0.2, 0.25) is 0 Å². The van der Waals surface area contributed by atoms with Crippen LogP contribution in [0.3, 0.4) is 0 Å². The van der Waals surface area contributed by atoms with Crippen LogP contribution in [0, 0.1) is 6.92 Å². The summed E-state index contributed by atoms with van der Waals surface area (Å²) in [5, 5.41) is 2.73. The molecule has 0 aliphatic heterocycles. The molecule has 0 heterocycles. The summed E-state index contributed by atoms with van der Waals surface area (Å²) in [5.74, 6) is 0. The minimum absolute atomic E-state index is 0.123. The minimum Gasteiger partial charge on any atom is -0.353 e. The number of rotatable bonds is 2. The summed E-state index contributed by atoms with van der Waals surface area (Å²) in [4.78, 5) is 10.0. The van der Waals surface area contributed by atoms with E-state index >= 15 is 0 Å². The van der Waals surface area contributed by atoms with Crippen molar-refractivity contribution in [1.82, 2.24) is 5.32 Å². The fraction of sp³-hybridized carbons (Fsp3) is 0.714. The highest BCUT2D eigenvalue weighted by Gasteiger charge is 2.27. The predicted molar refractivity (Wildman–Crippen MR) is 35.8 cm³/mol. The van der Waals surface area contributed by atoms with Gasteiger partial charge in [-0.25, -0.2) is 0 Å². The maximum absolute atomic E-state index is 10.0. The molecule has 1 amide bonds. The number of carbonyl (C=O) groups is 1. The molecular weight excluding hydrogens is 114 g/mol. The molecular formula is C7H12NO. The van der Waals surface area contributed by atoms with Crippen LogP contribution in [0.15, 0.2) is 0 Å². The van der Waals surface area contributed by atoms with Crippen molar-refractivity contribution in [3.63, 3.8) is 0 Å². The van der Waals surface area contributed by atoms with Crippen LogP contribution in [0.5, 0.6) is 0 Å². The van der Waals surface area contributed by atoms with E-state index in [2.05, 4.69) is 12.2 Å². The second-order valence-corrected chi connectivity index (χ2v) is 2.75. The molecule has 0 saturated heterocycles. The summed E-state index contributed by atoms with van der Waals surface area (Å²) in [6.45, 7) is 3.92. The van der Waals surface area contributed by atoms with Crippen LogP contribution in [0.25, 0.3) is 0 Å². The Morgan fingerprint density at radius 2 is 2.00 bits per heavy atom. The third-order valence-electron chi connectivity index (χ3n) is 1.93. The lowest BCUT2D eigenvalue weighted by Crippen LogP contribution is -2.38. The average molecular weight is 126 g/mol. The van der Waals surface area contributed by atoms with Crippen LogP contribution in [0.4, 0.5) is 0 Å². The summed E-state index contributed by atoms with van der Waals surface area (Å²) in [6.07, 6.45) is 5.21. The first kappa shape index (κ1) is 6.59. The van der Waals surface area contributed by atoms with Crippen molar-refractivity contribution < 1.29 is 4.79 Å². The van der Waals surface area contributed by atoms with Crippen molar-refractivity contribution in [1.29, 1.82) is 0 Å². The number of nitrogens with one attached hydrogen (secondary N) is 1. The zero-order chi connectivity index (χ0) is 6.74. The molecule has 0 unspecified atom stereocenters. The van der Waals surface area contributed by atoms with Crippen molar-refractivity contribution in [2.45, 2.75) is 31.2 Å². The smallest absolute Gasteiger partial charge is 0.207 e. The van der Waals surface area contributed by atoms with Crippen LogP contribution in [-0.2, 0) is 4.79 Å². The first-order chi connectivity index (χ1) is 4.27. The van der Waals surface area contributed by atoms with Gasteiger partial charge in [-0.15, -0.1) is 0 Å². The first-order valence-electron chi connectivity index (χ1n) is 3.34. The highest BCUT2D eigenvalue weighted by molar-refractivity contribution is 5.48. The summed E-state index contributed by atoms with van der Waals surface area (Å²) < 4.78 is 0. The van der Waals surface area contributed by atoms with Gasteiger partial charge in [0.1, 0.15) is 0 Å². The van der Waals surface area contributed by atoms with E-state index in [1.807, 2.05) is 0 Å².